The van der Waals surface area contributed by atoms with E-state index in [0.29, 0.717) is 4.77 Å². The van der Waals surface area contributed by atoms with Gasteiger partial charge in [-0.25, -0.2) is 8.78 Å². The number of H-pyrrole nitrogens is 1. The van der Waals surface area contributed by atoms with Crippen LogP contribution in [-0.4, -0.2) is 19.7 Å². The summed E-state index contributed by atoms with van der Waals surface area (Å²) in [5.41, 5.74) is 1.66. The van der Waals surface area contributed by atoms with Gasteiger partial charge >= 0.3 is 0 Å². The maximum absolute atomic E-state index is 14.2. The van der Waals surface area contributed by atoms with Gasteiger partial charge in [-0.1, -0.05) is 6.07 Å². The second-order valence-corrected chi connectivity index (χ2v) is 5.55. The Kier molecular flexibility index (Phi) is 3.42. The molecule has 4 aromatic rings. The highest BCUT2D eigenvalue weighted by Crippen LogP contribution is 2.28. The number of aromatic amines is 1. The number of nitrogens with zero attached hydrogens (tertiary/aromatic N) is 3. The predicted octanol–water partition coefficient (Wildman–Crippen LogP) is 4.42. The van der Waals surface area contributed by atoms with E-state index in [-0.39, 0.29) is 11.4 Å². The smallest absolute Gasteiger partial charge is 0.200 e. The minimum Gasteiger partial charge on any atom is -0.267 e. The largest absolute Gasteiger partial charge is 0.267 e. The van der Waals surface area contributed by atoms with Crippen LogP contribution in [0, 0.1) is 16.4 Å². The van der Waals surface area contributed by atoms with Crippen LogP contribution in [0.4, 0.5) is 8.78 Å². The van der Waals surface area contributed by atoms with Crippen molar-refractivity contribution in [2.24, 2.45) is 0 Å². The molecule has 0 saturated heterocycles. The molecule has 0 aliphatic heterocycles. The van der Waals surface area contributed by atoms with Crippen molar-refractivity contribution in [1.29, 1.82) is 0 Å². The summed E-state index contributed by atoms with van der Waals surface area (Å²) in [6, 6.07) is 12.6. The molecule has 4 nitrogen and oxygen atoms in total. The Hall–Kier alpha value is -2.93. The van der Waals surface area contributed by atoms with Gasteiger partial charge in [-0.2, -0.15) is 5.10 Å². The van der Waals surface area contributed by atoms with Crippen LogP contribution < -0.4 is 0 Å². The summed E-state index contributed by atoms with van der Waals surface area (Å²) < 4.78 is 29.3. The summed E-state index contributed by atoms with van der Waals surface area (Å²) >= 11 is 5.31. The average molecular weight is 340 g/mol. The van der Waals surface area contributed by atoms with Crippen LogP contribution in [0.15, 0.2) is 54.7 Å². The number of pyridine rings is 1. The third kappa shape index (κ3) is 2.30. The molecule has 0 saturated carbocycles. The average Bonchev–Trinajstić information content (AvgIpc) is 2.95. The lowest BCUT2D eigenvalue weighted by molar-refractivity contribution is 0.584. The van der Waals surface area contributed by atoms with Crippen LogP contribution in [0.2, 0.25) is 0 Å². The Morgan fingerprint density at radius 1 is 1.04 bits per heavy atom. The van der Waals surface area contributed by atoms with Crippen molar-refractivity contribution >= 4 is 23.1 Å². The molecule has 0 bridgehead atoms. The number of nitrogens with one attached hydrogen (secondary N) is 1. The van der Waals surface area contributed by atoms with Crippen molar-refractivity contribution in [1.82, 2.24) is 19.7 Å². The first-order chi connectivity index (χ1) is 11.6. The van der Waals surface area contributed by atoms with Gasteiger partial charge in [0.1, 0.15) is 11.6 Å². The Morgan fingerprint density at radius 3 is 2.75 bits per heavy atom. The van der Waals surface area contributed by atoms with E-state index in [1.165, 1.54) is 12.1 Å². The molecule has 118 valence electrons. The summed E-state index contributed by atoms with van der Waals surface area (Å²) in [6.07, 6.45) is 1.70. The summed E-state index contributed by atoms with van der Waals surface area (Å²) in [4.78, 5) is 4.31. The van der Waals surface area contributed by atoms with Gasteiger partial charge in [0.2, 0.25) is 0 Å². The zero-order valence-electron chi connectivity index (χ0n) is 12.2. The van der Waals surface area contributed by atoms with E-state index < -0.39 is 11.6 Å². The maximum atomic E-state index is 14.2. The highest BCUT2D eigenvalue weighted by molar-refractivity contribution is 7.71. The first-order valence-corrected chi connectivity index (χ1v) is 7.53. The molecule has 2 heterocycles. The van der Waals surface area contributed by atoms with Crippen molar-refractivity contribution < 1.29 is 8.78 Å². The first-order valence-electron chi connectivity index (χ1n) is 7.12. The van der Waals surface area contributed by atoms with E-state index in [9.17, 15) is 8.78 Å². The van der Waals surface area contributed by atoms with Gasteiger partial charge in [0.25, 0.3) is 0 Å². The summed E-state index contributed by atoms with van der Waals surface area (Å²) in [5, 5.41) is 7.65. The SMILES string of the molecule is Fc1ccc(-c2n[nH]c(=S)n2-c2cccc3ncccc23)c(F)c1. The summed E-state index contributed by atoms with van der Waals surface area (Å²) in [6.45, 7) is 0. The standard InChI is InChI=1S/C17H10F2N4S/c18-10-6-7-11(13(19)9-10)16-21-22-17(24)23(16)15-5-1-4-14-12(15)3-2-8-20-14/h1-9H,(H,22,24). The van der Waals surface area contributed by atoms with Crippen molar-refractivity contribution in [2.75, 3.05) is 0 Å². The molecule has 0 aliphatic carbocycles. The number of fused-ring (bicyclic) bond motifs is 1. The van der Waals surface area contributed by atoms with Crippen LogP contribution in [0.5, 0.6) is 0 Å². The van der Waals surface area contributed by atoms with Gasteiger partial charge in [0, 0.05) is 17.6 Å². The van der Waals surface area contributed by atoms with E-state index >= 15 is 0 Å². The Balaban J connectivity index is 2.03. The van der Waals surface area contributed by atoms with Crippen molar-refractivity contribution in [2.45, 2.75) is 0 Å². The zero-order chi connectivity index (χ0) is 16.7. The minimum atomic E-state index is -0.705. The Bertz CT molecular complexity index is 1110. The molecule has 24 heavy (non-hydrogen) atoms. The first kappa shape index (κ1) is 14.6. The van der Waals surface area contributed by atoms with E-state index in [0.717, 1.165) is 22.7 Å². The molecule has 0 amide bonds. The molecule has 1 N–H and O–H groups in total. The maximum Gasteiger partial charge on any atom is 0.200 e. The highest BCUT2D eigenvalue weighted by Gasteiger charge is 2.16. The molecule has 2 aromatic heterocycles. The predicted molar refractivity (Wildman–Crippen MR) is 89.4 cm³/mol. The molecular weight excluding hydrogens is 330 g/mol. The summed E-state index contributed by atoms with van der Waals surface area (Å²) in [7, 11) is 0. The normalized spacial score (nSPS) is 11.1. The van der Waals surface area contributed by atoms with Crippen molar-refractivity contribution in [3.05, 3.63) is 71.1 Å². The highest BCUT2D eigenvalue weighted by atomic mass is 32.1. The molecule has 0 aliphatic rings. The number of rotatable bonds is 2. The van der Waals surface area contributed by atoms with E-state index in [2.05, 4.69) is 15.2 Å². The Labute approximate surface area is 140 Å². The van der Waals surface area contributed by atoms with Gasteiger partial charge in [-0.15, -0.1) is 0 Å². The van der Waals surface area contributed by atoms with Gasteiger partial charge in [-0.05, 0) is 48.6 Å². The number of hydrogen-bond donors (Lipinski definition) is 1. The lowest BCUT2D eigenvalue weighted by Crippen LogP contribution is -2.00. The number of halogens is 2. The van der Waals surface area contributed by atoms with E-state index in [4.69, 9.17) is 12.2 Å². The fourth-order valence-corrected chi connectivity index (χ4v) is 2.88. The van der Waals surface area contributed by atoms with Crippen LogP contribution in [0.25, 0.3) is 28.0 Å². The third-order valence-corrected chi connectivity index (χ3v) is 3.98. The van der Waals surface area contributed by atoms with Crippen LogP contribution in [0.1, 0.15) is 0 Å². The fourth-order valence-electron chi connectivity index (χ4n) is 2.65. The second-order valence-electron chi connectivity index (χ2n) is 5.16. The molecular formula is C17H10F2N4S. The molecule has 4 rings (SSSR count). The van der Waals surface area contributed by atoms with Crippen LogP contribution in [-0.2, 0) is 0 Å². The van der Waals surface area contributed by atoms with Gasteiger partial charge in [-0.3, -0.25) is 14.6 Å². The van der Waals surface area contributed by atoms with Crippen LogP contribution in [0.3, 0.4) is 0 Å². The lowest BCUT2D eigenvalue weighted by Gasteiger charge is -2.10. The monoisotopic (exact) mass is 340 g/mol. The lowest BCUT2D eigenvalue weighted by atomic mass is 10.1. The molecule has 0 radical (unpaired) electrons. The van der Waals surface area contributed by atoms with Crippen molar-refractivity contribution in [3.8, 4) is 17.1 Å². The topological polar surface area (TPSA) is 46.5 Å². The molecule has 0 fully saturated rings. The van der Waals surface area contributed by atoms with Crippen molar-refractivity contribution in [3.63, 3.8) is 0 Å². The molecule has 0 atom stereocenters. The molecule has 0 unspecified atom stereocenters. The summed E-state index contributed by atoms with van der Waals surface area (Å²) in [5.74, 6) is -1.08. The number of aromatic nitrogens is 4. The van der Waals surface area contributed by atoms with E-state index in [1.54, 1.807) is 10.8 Å². The number of benzene rings is 2. The van der Waals surface area contributed by atoms with Crippen LogP contribution >= 0.6 is 12.2 Å². The van der Waals surface area contributed by atoms with E-state index in [1.807, 2.05) is 30.3 Å². The molecule has 0 spiro atoms. The minimum absolute atomic E-state index is 0.157. The van der Waals surface area contributed by atoms with Gasteiger partial charge < -0.3 is 0 Å². The van der Waals surface area contributed by atoms with Gasteiger partial charge in [0.05, 0.1) is 16.8 Å². The Morgan fingerprint density at radius 2 is 1.92 bits per heavy atom. The van der Waals surface area contributed by atoms with Gasteiger partial charge in [0.15, 0.2) is 10.6 Å². The molecule has 7 heteroatoms. The quantitative estimate of drug-likeness (QED) is 0.549. The zero-order valence-corrected chi connectivity index (χ0v) is 13.0. The fraction of sp³-hybridized carbons (Fsp3) is 0. The second kappa shape index (κ2) is 5.61. The molecule has 2 aromatic carbocycles. The third-order valence-electron chi connectivity index (χ3n) is 3.71. The number of hydrogen-bond acceptors (Lipinski definition) is 3.